The Labute approximate surface area is 111 Å². The SMILES string of the molecule is CCCCN1CCN(c2ccc(C)cc2N)CC1. The Balaban J connectivity index is 1.93. The average molecular weight is 247 g/mol. The second-order valence-electron chi connectivity index (χ2n) is 5.24. The molecule has 2 rings (SSSR count). The molecule has 1 aliphatic heterocycles. The molecule has 2 N–H and O–H groups in total. The van der Waals surface area contributed by atoms with Crippen LogP contribution >= 0.6 is 0 Å². The number of piperazine rings is 1. The lowest BCUT2D eigenvalue weighted by Crippen LogP contribution is -2.46. The van der Waals surface area contributed by atoms with Crippen molar-refractivity contribution in [2.75, 3.05) is 43.4 Å². The minimum atomic E-state index is 0.914. The first-order valence-electron chi connectivity index (χ1n) is 7.04. The van der Waals surface area contributed by atoms with Crippen LogP contribution in [0, 0.1) is 6.92 Å². The highest BCUT2D eigenvalue weighted by Gasteiger charge is 2.17. The molecule has 1 fully saturated rings. The van der Waals surface area contributed by atoms with Crippen molar-refractivity contribution < 1.29 is 0 Å². The second kappa shape index (κ2) is 6.10. The maximum atomic E-state index is 6.11. The van der Waals surface area contributed by atoms with Crippen LogP contribution in [0.3, 0.4) is 0 Å². The van der Waals surface area contributed by atoms with Gasteiger partial charge in [0.2, 0.25) is 0 Å². The van der Waals surface area contributed by atoms with Gasteiger partial charge in [-0.3, -0.25) is 4.90 Å². The Kier molecular flexibility index (Phi) is 4.48. The maximum Gasteiger partial charge on any atom is 0.0601 e. The molecule has 0 saturated carbocycles. The van der Waals surface area contributed by atoms with Gasteiger partial charge in [-0.05, 0) is 37.6 Å². The highest BCUT2D eigenvalue weighted by molar-refractivity contribution is 5.68. The molecule has 1 aromatic carbocycles. The van der Waals surface area contributed by atoms with E-state index in [1.165, 1.54) is 30.6 Å². The zero-order chi connectivity index (χ0) is 13.0. The lowest BCUT2D eigenvalue weighted by molar-refractivity contribution is 0.254. The molecule has 3 nitrogen and oxygen atoms in total. The van der Waals surface area contributed by atoms with E-state index in [-0.39, 0.29) is 0 Å². The molecule has 0 bridgehead atoms. The summed E-state index contributed by atoms with van der Waals surface area (Å²) in [6.07, 6.45) is 2.60. The van der Waals surface area contributed by atoms with E-state index in [0.717, 1.165) is 31.9 Å². The van der Waals surface area contributed by atoms with Crippen molar-refractivity contribution in [1.29, 1.82) is 0 Å². The van der Waals surface area contributed by atoms with Gasteiger partial charge >= 0.3 is 0 Å². The number of unbranched alkanes of at least 4 members (excludes halogenated alkanes) is 1. The largest absolute Gasteiger partial charge is 0.397 e. The van der Waals surface area contributed by atoms with Crippen molar-refractivity contribution in [1.82, 2.24) is 4.90 Å². The quantitative estimate of drug-likeness (QED) is 0.830. The van der Waals surface area contributed by atoms with E-state index in [9.17, 15) is 0 Å². The Morgan fingerprint density at radius 1 is 1.17 bits per heavy atom. The molecular formula is C15H25N3. The van der Waals surface area contributed by atoms with E-state index in [1.54, 1.807) is 0 Å². The normalized spacial score (nSPS) is 17.1. The Morgan fingerprint density at radius 3 is 2.50 bits per heavy atom. The first kappa shape index (κ1) is 13.2. The fraction of sp³-hybridized carbons (Fsp3) is 0.600. The molecular weight excluding hydrogens is 222 g/mol. The molecule has 0 amide bonds. The van der Waals surface area contributed by atoms with E-state index in [1.807, 2.05) is 0 Å². The summed E-state index contributed by atoms with van der Waals surface area (Å²) in [6.45, 7) is 10.1. The van der Waals surface area contributed by atoms with Gasteiger partial charge in [-0.1, -0.05) is 19.4 Å². The number of anilines is 2. The van der Waals surface area contributed by atoms with Gasteiger partial charge in [0.1, 0.15) is 0 Å². The molecule has 0 radical (unpaired) electrons. The molecule has 1 aromatic rings. The predicted octanol–water partition coefficient (Wildman–Crippen LogP) is 2.50. The molecule has 0 aromatic heterocycles. The third kappa shape index (κ3) is 3.16. The predicted molar refractivity (Wildman–Crippen MR) is 79.2 cm³/mol. The number of rotatable bonds is 4. The van der Waals surface area contributed by atoms with Crippen molar-refractivity contribution in [3.63, 3.8) is 0 Å². The van der Waals surface area contributed by atoms with Gasteiger partial charge in [-0.15, -0.1) is 0 Å². The smallest absolute Gasteiger partial charge is 0.0601 e. The summed E-state index contributed by atoms with van der Waals surface area (Å²) in [5, 5.41) is 0. The number of nitrogens with zero attached hydrogens (tertiary/aromatic N) is 2. The van der Waals surface area contributed by atoms with Crippen LogP contribution in [0.15, 0.2) is 18.2 Å². The molecule has 1 saturated heterocycles. The summed E-state index contributed by atoms with van der Waals surface area (Å²) < 4.78 is 0. The van der Waals surface area contributed by atoms with Gasteiger partial charge in [-0.25, -0.2) is 0 Å². The van der Waals surface area contributed by atoms with E-state index >= 15 is 0 Å². The molecule has 18 heavy (non-hydrogen) atoms. The molecule has 3 heteroatoms. The first-order chi connectivity index (χ1) is 8.70. The summed E-state index contributed by atoms with van der Waals surface area (Å²) in [7, 11) is 0. The van der Waals surface area contributed by atoms with Crippen molar-refractivity contribution in [3.8, 4) is 0 Å². The minimum Gasteiger partial charge on any atom is -0.397 e. The van der Waals surface area contributed by atoms with Crippen molar-refractivity contribution in [2.45, 2.75) is 26.7 Å². The average Bonchev–Trinajstić information content (AvgIpc) is 2.37. The van der Waals surface area contributed by atoms with Crippen molar-refractivity contribution >= 4 is 11.4 Å². The van der Waals surface area contributed by atoms with Crippen LogP contribution in [0.5, 0.6) is 0 Å². The third-order valence-corrected chi connectivity index (χ3v) is 3.72. The number of benzene rings is 1. The van der Waals surface area contributed by atoms with Crippen LogP contribution in [0.25, 0.3) is 0 Å². The summed E-state index contributed by atoms with van der Waals surface area (Å²) in [5.41, 5.74) is 9.46. The van der Waals surface area contributed by atoms with Gasteiger partial charge in [-0.2, -0.15) is 0 Å². The summed E-state index contributed by atoms with van der Waals surface area (Å²) in [6, 6.07) is 6.38. The standard InChI is InChI=1S/C15H25N3/c1-3-4-7-17-8-10-18(11-9-17)15-6-5-13(2)12-14(15)16/h5-6,12H,3-4,7-11,16H2,1-2H3. The monoisotopic (exact) mass is 247 g/mol. The fourth-order valence-corrected chi connectivity index (χ4v) is 2.56. The zero-order valence-electron chi connectivity index (χ0n) is 11.7. The molecule has 0 spiro atoms. The van der Waals surface area contributed by atoms with E-state index in [4.69, 9.17) is 5.73 Å². The van der Waals surface area contributed by atoms with Crippen LogP contribution in [-0.4, -0.2) is 37.6 Å². The Bertz CT molecular complexity index is 381. The lowest BCUT2D eigenvalue weighted by Gasteiger charge is -2.36. The minimum absolute atomic E-state index is 0.914. The number of hydrogen-bond donors (Lipinski definition) is 1. The van der Waals surface area contributed by atoms with E-state index in [0.29, 0.717) is 0 Å². The summed E-state index contributed by atoms with van der Waals surface area (Å²) >= 11 is 0. The van der Waals surface area contributed by atoms with Crippen molar-refractivity contribution in [3.05, 3.63) is 23.8 Å². The molecule has 0 atom stereocenters. The van der Waals surface area contributed by atoms with Crippen LogP contribution < -0.4 is 10.6 Å². The fourth-order valence-electron chi connectivity index (χ4n) is 2.56. The number of aryl methyl sites for hydroxylation is 1. The third-order valence-electron chi connectivity index (χ3n) is 3.72. The zero-order valence-corrected chi connectivity index (χ0v) is 11.7. The molecule has 100 valence electrons. The van der Waals surface area contributed by atoms with E-state index in [2.05, 4.69) is 41.8 Å². The van der Waals surface area contributed by atoms with Crippen LogP contribution in [0.4, 0.5) is 11.4 Å². The molecule has 1 aliphatic rings. The summed E-state index contributed by atoms with van der Waals surface area (Å²) in [4.78, 5) is 4.97. The van der Waals surface area contributed by atoms with Gasteiger partial charge < -0.3 is 10.6 Å². The lowest BCUT2D eigenvalue weighted by atomic mass is 10.1. The van der Waals surface area contributed by atoms with Gasteiger partial charge in [0.05, 0.1) is 11.4 Å². The summed E-state index contributed by atoms with van der Waals surface area (Å²) in [5.74, 6) is 0. The van der Waals surface area contributed by atoms with Crippen LogP contribution in [-0.2, 0) is 0 Å². The number of hydrogen-bond acceptors (Lipinski definition) is 3. The number of nitrogen functional groups attached to an aromatic ring is 1. The number of nitrogens with two attached hydrogens (primary N) is 1. The Morgan fingerprint density at radius 2 is 1.89 bits per heavy atom. The topological polar surface area (TPSA) is 32.5 Å². The van der Waals surface area contributed by atoms with Gasteiger partial charge in [0, 0.05) is 26.2 Å². The molecule has 0 unspecified atom stereocenters. The van der Waals surface area contributed by atoms with Gasteiger partial charge in [0.15, 0.2) is 0 Å². The molecule has 0 aliphatic carbocycles. The first-order valence-corrected chi connectivity index (χ1v) is 7.04. The van der Waals surface area contributed by atoms with E-state index < -0.39 is 0 Å². The second-order valence-corrected chi connectivity index (χ2v) is 5.24. The van der Waals surface area contributed by atoms with Gasteiger partial charge in [0.25, 0.3) is 0 Å². The maximum absolute atomic E-state index is 6.11. The Hall–Kier alpha value is -1.22. The van der Waals surface area contributed by atoms with Crippen LogP contribution in [0.2, 0.25) is 0 Å². The molecule has 1 heterocycles. The highest BCUT2D eigenvalue weighted by Crippen LogP contribution is 2.25. The van der Waals surface area contributed by atoms with Crippen LogP contribution in [0.1, 0.15) is 25.3 Å². The van der Waals surface area contributed by atoms with Crippen molar-refractivity contribution in [2.24, 2.45) is 0 Å². The highest BCUT2D eigenvalue weighted by atomic mass is 15.3.